The van der Waals surface area contributed by atoms with Crippen LogP contribution in [0.1, 0.15) is 18.4 Å². The van der Waals surface area contributed by atoms with E-state index < -0.39 is 9.84 Å². The molecule has 0 saturated heterocycles. The van der Waals surface area contributed by atoms with Crippen LogP contribution in [0.5, 0.6) is 0 Å². The first-order valence-corrected chi connectivity index (χ1v) is 6.59. The molecular weight excluding hydrogens is 210 g/mol. The molecule has 0 saturated carbocycles. The number of unbranched alkanes of at least 4 members (excludes halogenated alkanes) is 1. The minimum absolute atomic E-state index is 0.339. The van der Waals surface area contributed by atoms with Gasteiger partial charge >= 0.3 is 0 Å². The Hall–Kier alpha value is -1.34. The average molecular weight is 223 g/mol. The van der Waals surface area contributed by atoms with Crippen molar-refractivity contribution in [1.29, 1.82) is 5.26 Å². The molecule has 1 aromatic carbocycles. The number of aryl methyl sites for hydroxylation is 1. The van der Waals surface area contributed by atoms with E-state index in [9.17, 15) is 8.42 Å². The van der Waals surface area contributed by atoms with Crippen molar-refractivity contribution in [2.75, 3.05) is 6.26 Å². The summed E-state index contributed by atoms with van der Waals surface area (Å²) in [6.07, 6.45) is 3.36. The lowest BCUT2D eigenvalue weighted by atomic mass is 10.1. The van der Waals surface area contributed by atoms with Crippen LogP contribution >= 0.6 is 0 Å². The fraction of sp³-hybridized carbons (Fsp3) is 0.364. The molecular formula is C11H13NO2S. The minimum atomic E-state index is -3.10. The van der Waals surface area contributed by atoms with E-state index >= 15 is 0 Å². The highest BCUT2D eigenvalue weighted by atomic mass is 32.2. The molecule has 0 amide bonds. The third-order valence-electron chi connectivity index (χ3n) is 2.11. The first-order valence-electron chi connectivity index (χ1n) is 4.70. The van der Waals surface area contributed by atoms with Gasteiger partial charge in [-0.05, 0) is 30.5 Å². The summed E-state index contributed by atoms with van der Waals surface area (Å²) in [5.41, 5.74) is 1.07. The highest BCUT2D eigenvalue weighted by Crippen LogP contribution is 2.11. The van der Waals surface area contributed by atoms with Gasteiger partial charge in [0.2, 0.25) is 0 Å². The molecule has 0 atom stereocenters. The maximum Gasteiger partial charge on any atom is 0.175 e. The molecule has 0 bridgehead atoms. The molecule has 4 heteroatoms. The molecule has 0 N–H and O–H groups in total. The third kappa shape index (κ3) is 3.72. The third-order valence-corrected chi connectivity index (χ3v) is 3.23. The quantitative estimate of drug-likeness (QED) is 0.733. The minimum Gasteiger partial charge on any atom is -0.224 e. The van der Waals surface area contributed by atoms with Gasteiger partial charge in [0.15, 0.2) is 9.84 Å². The summed E-state index contributed by atoms with van der Waals surface area (Å²) in [5, 5.41) is 8.37. The van der Waals surface area contributed by atoms with E-state index in [1.165, 1.54) is 6.26 Å². The van der Waals surface area contributed by atoms with Crippen LogP contribution in [-0.4, -0.2) is 14.7 Å². The predicted molar refractivity (Wildman–Crippen MR) is 58.1 cm³/mol. The predicted octanol–water partition coefficient (Wildman–Crippen LogP) is 1.94. The second-order valence-electron chi connectivity index (χ2n) is 3.43. The van der Waals surface area contributed by atoms with Crippen molar-refractivity contribution in [3.63, 3.8) is 0 Å². The van der Waals surface area contributed by atoms with Gasteiger partial charge in [0.25, 0.3) is 0 Å². The summed E-state index contributed by atoms with van der Waals surface area (Å²) in [7, 11) is -3.10. The Morgan fingerprint density at radius 1 is 1.27 bits per heavy atom. The summed E-state index contributed by atoms with van der Waals surface area (Å²) in [6.45, 7) is 0. The molecule has 3 nitrogen and oxygen atoms in total. The van der Waals surface area contributed by atoms with Crippen LogP contribution in [0, 0.1) is 11.3 Å². The molecule has 0 radical (unpaired) electrons. The van der Waals surface area contributed by atoms with Crippen molar-refractivity contribution < 1.29 is 8.42 Å². The Bertz CT molecular complexity index is 454. The smallest absolute Gasteiger partial charge is 0.175 e. The van der Waals surface area contributed by atoms with Crippen molar-refractivity contribution in [3.05, 3.63) is 29.8 Å². The lowest BCUT2D eigenvalue weighted by molar-refractivity contribution is 0.602. The fourth-order valence-electron chi connectivity index (χ4n) is 1.27. The Morgan fingerprint density at radius 3 is 2.33 bits per heavy atom. The standard InChI is InChI=1S/C11H13NO2S/c1-15(13,14)11-7-5-10(6-8-11)4-2-3-9-12/h5-8H,2-4H2,1H3. The summed E-state index contributed by atoms with van der Waals surface area (Å²) < 4.78 is 22.3. The molecule has 80 valence electrons. The number of nitrogens with zero attached hydrogens (tertiary/aromatic N) is 1. The molecule has 0 aliphatic heterocycles. The molecule has 0 heterocycles. The zero-order chi connectivity index (χ0) is 11.3. The maximum absolute atomic E-state index is 11.2. The van der Waals surface area contributed by atoms with Gasteiger partial charge in [0, 0.05) is 12.7 Å². The van der Waals surface area contributed by atoms with Gasteiger partial charge in [-0.3, -0.25) is 0 Å². The first kappa shape index (κ1) is 11.7. The van der Waals surface area contributed by atoms with E-state index in [1.54, 1.807) is 24.3 Å². The zero-order valence-corrected chi connectivity index (χ0v) is 9.42. The van der Waals surface area contributed by atoms with E-state index in [2.05, 4.69) is 6.07 Å². The summed E-state index contributed by atoms with van der Waals surface area (Å²) in [5.74, 6) is 0. The van der Waals surface area contributed by atoms with Crippen molar-refractivity contribution in [1.82, 2.24) is 0 Å². The lowest BCUT2D eigenvalue weighted by Crippen LogP contribution is -1.96. The number of rotatable bonds is 4. The van der Waals surface area contributed by atoms with Crippen LogP contribution in [0.3, 0.4) is 0 Å². The number of benzene rings is 1. The Morgan fingerprint density at radius 2 is 1.87 bits per heavy atom. The van der Waals surface area contributed by atoms with Crippen LogP contribution in [0.2, 0.25) is 0 Å². The van der Waals surface area contributed by atoms with Gasteiger partial charge in [-0.25, -0.2) is 8.42 Å². The maximum atomic E-state index is 11.2. The largest absolute Gasteiger partial charge is 0.224 e. The summed E-state index contributed by atoms with van der Waals surface area (Å²) >= 11 is 0. The van der Waals surface area contributed by atoms with Crippen LogP contribution in [-0.2, 0) is 16.3 Å². The van der Waals surface area contributed by atoms with E-state index in [0.29, 0.717) is 11.3 Å². The molecule has 0 fully saturated rings. The molecule has 1 aromatic rings. The molecule has 0 aromatic heterocycles. The van der Waals surface area contributed by atoms with Crippen molar-refractivity contribution >= 4 is 9.84 Å². The van der Waals surface area contributed by atoms with E-state index in [-0.39, 0.29) is 0 Å². The monoisotopic (exact) mass is 223 g/mol. The average Bonchev–Trinajstić information content (AvgIpc) is 2.18. The van der Waals surface area contributed by atoms with Gasteiger partial charge in [0.1, 0.15) is 0 Å². The molecule has 0 unspecified atom stereocenters. The zero-order valence-electron chi connectivity index (χ0n) is 8.60. The second kappa shape index (κ2) is 4.94. The highest BCUT2D eigenvalue weighted by Gasteiger charge is 2.05. The van der Waals surface area contributed by atoms with E-state index in [1.807, 2.05) is 0 Å². The topological polar surface area (TPSA) is 57.9 Å². The van der Waals surface area contributed by atoms with E-state index in [4.69, 9.17) is 5.26 Å². The number of hydrogen-bond acceptors (Lipinski definition) is 3. The van der Waals surface area contributed by atoms with Crippen molar-refractivity contribution in [2.24, 2.45) is 0 Å². The normalized spacial score (nSPS) is 10.9. The molecule has 0 aliphatic rings. The lowest BCUT2D eigenvalue weighted by Gasteiger charge is -2.01. The fourth-order valence-corrected chi connectivity index (χ4v) is 1.91. The Kier molecular flexibility index (Phi) is 3.87. The Labute approximate surface area is 90.3 Å². The Balaban J connectivity index is 2.70. The van der Waals surface area contributed by atoms with E-state index in [0.717, 1.165) is 18.4 Å². The summed E-state index contributed by atoms with van der Waals surface area (Å²) in [6, 6.07) is 8.89. The molecule has 0 aliphatic carbocycles. The first-order chi connectivity index (χ1) is 7.04. The highest BCUT2D eigenvalue weighted by molar-refractivity contribution is 7.90. The molecule has 0 spiro atoms. The van der Waals surface area contributed by atoms with Crippen molar-refractivity contribution in [2.45, 2.75) is 24.2 Å². The SMILES string of the molecule is CS(=O)(=O)c1ccc(CCCC#N)cc1. The van der Waals surface area contributed by atoms with Crippen molar-refractivity contribution in [3.8, 4) is 6.07 Å². The molecule has 1 rings (SSSR count). The van der Waals surface area contributed by atoms with Crippen LogP contribution in [0.25, 0.3) is 0 Å². The van der Waals surface area contributed by atoms with Gasteiger partial charge < -0.3 is 0 Å². The number of hydrogen-bond donors (Lipinski definition) is 0. The van der Waals surface area contributed by atoms with Crippen LogP contribution in [0.4, 0.5) is 0 Å². The van der Waals surface area contributed by atoms with Gasteiger partial charge in [-0.15, -0.1) is 0 Å². The van der Waals surface area contributed by atoms with Crippen LogP contribution in [0.15, 0.2) is 29.2 Å². The van der Waals surface area contributed by atoms with Gasteiger partial charge in [0.05, 0.1) is 11.0 Å². The number of nitriles is 1. The van der Waals surface area contributed by atoms with Crippen LogP contribution < -0.4 is 0 Å². The van der Waals surface area contributed by atoms with Gasteiger partial charge in [-0.1, -0.05) is 12.1 Å². The number of sulfone groups is 1. The summed E-state index contributed by atoms with van der Waals surface area (Å²) in [4.78, 5) is 0.339. The molecule has 15 heavy (non-hydrogen) atoms. The van der Waals surface area contributed by atoms with Gasteiger partial charge in [-0.2, -0.15) is 5.26 Å². The second-order valence-corrected chi connectivity index (χ2v) is 5.44.